The molecule has 0 aliphatic heterocycles. The van der Waals surface area contributed by atoms with Crippen molar-refractivity contribution in [3.63, 3.8) is 0 Å². The quantitative estimate of drug-likeness (QED) is 0.273. The van der Waals surface area contributed by atoms with E-state index in [2.05, 4.69) is 4.57 Å². The lowest BCUT2D eigenvalue weighted by molar-refractivity contribution is -0.385. The number of Topliss-reactive ketones (excluding diaryl/α,β-unsaturated/α-hetero) is 1. The van der Waals surface area contributed by atoms with Gasteiger partial charge in [-0.15, -0.1) is 0 Å². The maximum absolute atomic E-state index is 12.6. The Hall–Kier alpha value is -2.87. The summed E-state index contributed by atoms with van der Waals surface area (Å²) in [4.78, 5) is 23.2. The van der Waals surface area contributed by atoms with E-state index in [9.17, 15) is 14.9 Å². The monoisotopic (exact) mass is 376 g/mol. The molecule has 0 atom stereocenters. The third-order valence-electron chi connectivity index (χ3n) is 4.33. The third kappa shape index (κ3) is 4.85. The predicted octanol–water partition coefficient (Wildman–Crippen LogP) is 3.32. The number of hydrogen-bond donors (Lipinski definition) is 0. The lowest BCUT2D eigenvalue weighted by Gasteiger charge is -2.10. The van der Waals surface area contributed by atoms with Crippen molar-refractivity contribution in [3.05, 3.63) is 51.3 Å². The highest BCUT2D eigenvalue weighted by Gasteiger charge is 2.20. The van der Waals surface area contributed by atoms with E-state index in [4.69, 9.17) is 14.2 Å². The standard InChI is InChI=1S/C19H24N2O6/c1-13-10-16(14(2)20(13)8-5-9-25-3)18(22)12-27-19-7-6-15(26-4)11-17(19)21(23)24/h6-7,10-11H,5,8-9,12H2,1-4H3. The lowest BCUT2D eigenvalue weighted by atomic mass is 10.1. The number of aromatic nitrogens is 1. The van der Waals surface area contributed by atoms with Gasteiger partial charge in [-0.05, 0) is 38.5 Å². The van der Waals surface area contributed by atoms with Crippen LogP contribution in [0.1, 0.15) is 28.2 Å². The van der Waals surface area contributed by atoms with Gasteiger partial charge in [-0.3, -0.25) is 14.9 Å². The molecular formula is C19H24N2O6. The van der Waals surface area contributed by atoms with Gasteiger partial charge in [0.1, 0.15) is 5.75 Å². The van der Waals surface area contributed by atoms with Gasteiger partial charge >= 0.3 is 5.69 Å². The minimum absolute atomic E-state index is 0.0306. The summed E-state index contributed by atoms with van der Waals surface area (Å²) in [5.74, 6) is 0.147. The number of nitro benzene ring substituents is 1. The van der Waals surface area contributed by atoms with Crippen LogP contribution < -0.4 is 9.47 Å². The maximum atomic E-state index is 12.6. The Kier molecular flexibility index (Phi) is 6.95. The Bertz CT molecular complexity index is 828. The van der Waals surface area contributed by atoms with Crippen LogP contribution in [0, 0.1) is 24.0 Å². The second-order valence-electron chi connectivity index (χ2n) is 6.09. The lowest BCUT2D eigenvalue weighted by Crippen LogP contribution is -2.14. The van der Waals surface area contributed by atoms with E-state index in [1.807, 2.05) is 19.9 Å². The van der Waals surface area contributed by atoms with Gasteiger partial charge in [-0.2, -0.15) is 0 Å². The number of benzene rings is 1. The Morgan fingerprint density at radius 1 is 1.22 bits per heavy atom. The van der Waals surface area contributed by atoms with Crippen molar-refractivity contribution in [3.8, 4) is 11.5 Å². The van der Waals surface area contributed by atoms with E-state index in [0.29, 0.717) is 17.9 Å². The highest BCUT2D eigenvalue weighted by atomic mass is 16.6. The van der Waals surface area contributed by atoms with Gasteiger partial charge < -0.3 is 18.8 Å². The van der Waals surface area contributed by atoms with Crippen molar-refractivity contribution in [1.82, 2.24) is 4.57 Å². The Morgan fingerprint density at radius 2 is 1.96 bits per heavy atom. The summed E-state index contributed by atoms with van der Waals surface area (Å²) in [5.41, 5.74) is 2.14. The minimum Gasteiger partial charge on any atom is -0.496 e. The zero-order valence-corrected chi connectivity index (χ0v) is 16.0. The van der Waals surface area contributed by atoms with E-state index in [1.54, 1.807) is 13.2 Å². The van der Waals surface area contributed by atoms with Gasteiger partial charge in [0.05, 0.1) is 18.1 Å². The van der Waals surface area contributed by atoms with Crippen molar-refractivity contribution in [2.75, 3.05) is 27.4 Å². The summed E-state index contributed by atoms with van der Waals surface area (Å²) in [7, 11) is 3.07. The normalized spacial score (nSPS) is 10.7. The first kappa shape index (κ1) is 20.4. The molecule has 0 amide bonds. The van der Waals surface area contributed by atoms with Crippen molar-refractivity contribution in [2.45, 2.75) is 26.8 Å². The number of methoxy groups -OCH3 is 2. The Balaban J connectivity index is 2.12. The van der Waals surface area contributed by atoms with Crippen LogP contribution in [0.25, 0.3) is 0 Å². The number of ketones is 1. The maximum Gasteiger partial charge on any atom is 0.314 e. The molecule has 2 rings (SSSR count). The number of carbonyl (C=O) groups excluding carboxylic acids is 1. The highest BCUT2D eigenvalue weighted by molar-refractivity contribution is 5.98. The van der Waals surface area contributed by atoms with Crippen LogP contribution in [0.2, 0.25) is 0 Å². The number of aryl methyl sites for hydroxylation is 1. The van der Waals surface area contributed by atoms with Crippen LogP contribution >= 0.6 is 0 Å². The van der Waals surface area contributed by atoms with E-state index >= 15 is 0 Å². The zero-order chi connectivity index (χ0) is 20.0. The molecule has 0 fully saturated rings. The largest absolute Gasteiger partial charge is 0.496 e. The molecule has 1 heterocycles. The summed E-state index contributed by atoms with van der Waals surface area (Å²) >= 11 is 0. The fraction of sp³-hybridized carbons (Fsp3) is 0.421. The summed E-state index contributed by atoms with van der Waals surface area (Å²) in [6, 6.07) is 6.06. The fourth-order valence-corrected chi connectivity index (χ4v) is 2.90. The molecule has 1 aromatic carbocycles. The van der Waals surface area contributed by atoms with Crippen LogP contribution in [-0.4, -0.2) is 42.7 Å². The predicted molar refractivity (Wildman–Crippen MR) is 99.9 cm³/mol. The first-order valence-corrected chi connectivity index (χ1v) is 8.53. The molecule has 0 aliphatic rings. The van der Waals surface area contributed by atoms with Gasteiger partial charge in [0.25, 0.3) is 0 Å². The first-order chi connectivity index (χ1) is 12.9. The van der Waals surface area contributed by atoms with E-state index in [0.717, 1.165) is 24.4 Å². The van der Waals surface area contributed by atoms with Crippen molar-refractivity contribution >= 4 is 11.5 Å². The smallest absolute Gasteiger partial charge is 0.314 e. The average molecular weight is 376 g/mol. The summed E-state index contributed by atoms with van der Waals surface area (Å²) in [5, 5.41) is 11.2. The van der Waals surface area contributed by atoms with Crippen LogP contribution in [-0.2, 0) is 11.3 Å². The molecule has 1 aromatic heterocycles. The van der Waals surface area contributed by atoms with Crippen molar-refractivity contribution in [1.29, 1.82) is 0 Å². The van der Waals surface area contributed by atoms with Gasteiger partial charge in [0, 0.05) is 37.2 Å². The molecule has 0 bridgehead atoms. The third-order valence-corrected chi connectivity index (χ3v) is 4.33. The molecule has 8 heteroatoms. The average Bonchev–Trinajstić information content (AvgIpc) is 2.94. The van der Waals surface area contributed by atoms with Crippen molar-refractivity contribution < 1.29 is 23.9 Å². The molecule has 0 saturated heterocycles. The number of carbonyl (C=O) groups is 1. The molecule has 0 N–H and O–H groups in total. The summed E-state index contributed by atoms with van der Waals surface area (Å²) < 4.78 is 17.6. The molecule has 0 unspecified atom stereocenters. The van der Waals surface area contributed by atoms with E-state index < -0.39 is 4.92 Å². The summed E-state index contributed by atoms with van der Waals surface area (Å²) in [6.45, 7) is 4.93. The van der Waals surface area contributed by atoms with Crippen LogP contribution in [0.3, 0.4) is 0 Å². The molecule has 2 aromatic rings. The van der Waals surface area contributed by atoms with E-state index in [1.165, 1.54) is 19.2 Å². The molecule has 27 heavy (non-hydrogen) atoms. The zero-order valence-electron chi connectivity index (χ0n) is 16.0. The fourth-order valence-electron chi connectivity index (χ4n) is 2.90. The Labute approximate surface area is 157 Å². The topological polar surface area (TPSA) is 92.8 Å². The SMILES string of the molecule is COCCCn1c(C)cc(C(=O)COc2ccc(OC)cc2[N+](=O)[O-])c1C. The number of nitrogens with zero attached hydrogens (tertiary/aromatic N) is 2. The molecular weight excluding hydrogens is 352 g/mol. The molecule has 8 nitrogen and oxygen atoms in total. The number of rotatable bonds is 10. The van der Waals surface area contributed by atoms with Gasteiger partial charge in [-0.25, -0.2) is 0 Å². The number of hydrogen-bond acceptors (Lipinski definition) is 6. The number of nitro groups is 1. The summed E-state index contributed by atoms with van der Waals surface area (Å²) in [6.07, 6.45) is 0.842. The number of ether oxygens (including phenoxy) is 3. The van der Waals surface area contributed by atoms with Gasteiger partial charge in [0.15, 0.2) is 12.4 Å². The van der Waals surface area contributed by atoms with Crippen molar-refractivity contribution in [2.24, 2.45) is 0 Å². The van der Waals surface area contributed by atoms with E-state index in [-0.39, 0.29) is 23.8 Å². The molecule has 146 valence electrons. The van der Waals surface area contributed by atoms with Crippen LogP contribution in [0.4, 0.5) is 5.69 Å². The molecule has 0 saturated carbocycles. The second-order valence-corrected chi connectivity index (χ2v) is 6.09. The molecule has 0 spiro atoms. The first-order valence-electron chi connectivity index (χ1n) is 8.53. The Morgan fingerprint density at radius 3 is 2.59 bits per heavy atom. The molecule has 0 radical (unpaired) electrons. The van der Waals surface area contributed by atoms with Crippen LogP contribution in [0.5, 0.6) is 11.5 Å². The van der Waals surface area contributed by atoms with Crippen LogP contribution in [0.15, 0.2) is 24.3 Å². The second kappa shape index (κ2) is 9.18. The van der Waals surface area contributed by atoms with Gasteiger partial charge in [-0.1, -0.05) is 0 Å². The minimum atomic E-state index is -0.565. The molecule has 0 aliphatic carbocycles. The van der Waals surface area contributed by atoms with Gasteiger partial charge in [0.2, 0.25) is 5.78 Å². The highest BCUT2D eigenvalue weighted by Crippen LogP contribution is 2.31.